The Hall–Kier alpha value is -6.03. The lowest BCUT2D eigenvalue weighted by atomic mass is 9.89. The van der Waals surface area contributed by atoms with Gasteiger partial charge in [0.15, 0.2) is 9.84 Å². The Morgan fingerprint density at radius 2 is 1.31 bits per heavy atom. The number of hydrogen-bond acceptors (Lipinski definition) is 12. The van der Waals surface area contributed by atoms with Crippen molar-refractivity contribution in [2.45, 2.75) is 173 Å². The van der Waals surface area contributed by atoms with Crippen molar-refractivity contribution in [1.82, 2.24) is 9.47 Å². The van der Waals surface area contributed by atoms with Gasteiger partial charge in [0.25, 0.3) is 16.6 Å². The average Bonchev–Trinajstić information content (AvgIpc) is 1.72. The first-order valence-corrected chi connectivity index (χ1v) is 36.4. The number of nitrogens with zero attached hydrogens (tertiary/aromatic N) is 3. The predicted molar refractivity (Wildman–Crippen MR) is 349 cm³/mol. The molecular formula is C67H95F3N4O11SSi2. The van der Waals surface area contributed by atoms with Gasteiger partial charge < -0.3 is 47.3 Å². The fraction of sp³-hybridized carbons (Fsp3) is 0.552. The number of alkyl halides is 3. The van der Waals surface area contributed by atoms with Crippen molar-refractivity contribution in [2.24, 2.45) is 5.92 Å². The lowest BCUT2D eigenvalue weighted by Crippen LogP contribution is -2.66. The van der Waals surface area contributed by atoms with Crippen molar-refractivity contribution >= 4 is 71.3 Å². The van der Waals surface area contributed by atoms with Gasteiger partial charge in [-0.3, -0.25) is 4.90 Å². The van der Waals surface area contributed by atoms with Crippen LogP contribution in [0, 0.1) is 17.8 Å². The number of nitrogens with one attached hydrogen (secondary N) is 1. The minimum absolute atomic E-state index is 0.00768. The minimum atomic E-state index is -4.65. The summed E-state index contributed by atoms with van der Waals surface area (Å²) in [5, 5.41) is 6.34. The minimum Gasteiger partial charge on any atom is -0.542 e. The van der Waals surface area contributed by atoms with E-state index in [9.17, 15) is 31.2 Å². The highest BCUT2D eigenvalue weighted by Crippen LogP contribution is 2.47. The van der Waals surface area contributed by atoms with Gasteiger partial charge in [-0.2, -0.15) is 13.2 Å². The third kappa shape index (κ3) is 17.9. The SMILES string of the molecule is COc1cc(S(C)(=O)=O)c(O[Si](C(C)C)(C(C)C)C(C)C)cc1N(CC#Cc1cc2c(NC3CCN(C(=O)OC(C)(C)C)CC3CCOCCOCCO[Si](c3ccccc3)(c3ccccc3)C(C)(C)C)cccc2n1CC(F)(F)F)C(=O)OC(C)(C)C. The summed E-state index contributed by atoms with van der Waals surface area (Å²) >= 11 is 0. The van der Waals surface area contributed by atoms with Crippen LogP contribution >= 0.6 is 0 Å². The number of anilines is 2. The zero-order valence-corrected chi connectivity index (χ0v) is 57.6. The predicted octanol–water partition coefficient (Wildman–Crippen LogP) is 14.0. The summed E-state index contributed by atoms with van der Waals surface area (Å²) in [7, 11) is -8.14. The summed E-state index contributed by atoms with van der Waals surface area (Å²) < 4.78 is 116. The van der Waals surface area contributed by atoms with E-state index < -0.39 is 69.1 Å². The zero-order chi connectivity index (χ0) is 65.2. The van der Waals surface area contributed by atoms with E-state index in [0.717, 1.165) is 10.8 Å². The van der Waals surface area contributed by atoms with E-state index in [0.29, 0.717) is 70.0 Å². The number of methoxy groups -OCH3 is 1. The molecule has 88 heavy (non-hydrogen) atoms. The number of ether oxygens (including phenoxy) is 5. The van der Waals surface area contributed by atoms with Gasteiger partial charge in [0.2, 0.25) is 0 Å². The first-order chi connectivity index (χ1) is 41.0. The highest BCUT2D eigenvalue weighted by atomic mass is 32.2. The molecule has 15 nitrogen and oxygen atoms in total. The molecule has 2 heterocycles. The molecule has 2 unspecified atom stereocenters. The zero-order valence-electron chi connectivity index (χ0n) is 54.8. The summed E-state index contributed by atoms with van der Waals surface area (Å²) in [5.74, 6) is 5.82. The van der Waals surface area contributed by atoms with E-state index in [4.69, 9.17) is 32.5 Å². The summed E-state index contributed by atoms with van der Waals surface area (Å²) in [6.07, 6.45) is -3.83. The summed E-state index contributed by atoms with van der Waals surface area (Å²) in [6.45, 7) is 30.3. The van der Waals surface area contributed by atoms with Crippen LogP contribution in [-0.4, -0.2) is 136 Å². The van der Waals surface area contributed by atoms with E-state index in [1.54, 1.807) is 43.9 Å². The molecular weight excluding hydrogens is 1180 g/mol. The van der Waals surface area contributed by atoms with E-state index in [1.807, 2.05) is 39.0 Å². The fourth-order valence-electron chi connectivity index (χ4n) is 12.2. The molecule has 2 atom stereocenters. The molecule has 0 bridgehead atoms. The highest BCUT2D eigenvalue weighted by molar-refractivity contribution is 7.90. The molecule has 1 fully saturated rings. The number of aromatic nitrogens is 1. The maximum absolute atomic E-state index is 14.7. The molecule has 4 aromatic carbocycles. The molecule has 5 aromatic rings. The van der Waals surface area contributed by atoms with Gasteiger partial charge in [0, 0.05) is 55.2 Å². The largest absolute Gasteiger partial charge is 0.542 e. The average molecular weight is 1280 g/mol. The Morgan fingerprint density at radius 1 is 0.739 bits per heavy atom. The van der Waals surface area contributed by atoms with Crippen LogP contribution in [0.1, 0.15) is 122 Å². The number of rotatable bonds is 24. The summed E-state index contributed by atoms with van der Waals surface area (Å²) in [5.41, 5.74) is -0.617. The standard InChI is InChI=1S/C67H95F3N4O11SSi2/c1-47(2)87(48(3)4,49(5)6)85-60-43-58(59(79-16)44-61(60)86(17,77)78)73(63(76)84-65(10,11)12)35-25-26-51-42-54-56(31-24-32-57(54)74(51)46-67(68,69)70)71-55-33-36-72(62(75)83-64(7,8)9)45-50(55)34-37-80-38-39-81-40-41-82-88(66(13,14)15,52-27-20-18-21-28-52)53-29-22-19-23-30-53/h18-24,27-32,42-44,47-50,55,71H,33-41,45-46H2,1-17H3. The van der Waals surface area contributed by atoms with Gasteiger partial charge in [0.05, 0.1) is 57.0 Å². The number of hydrogen-bond donors (Lipinski definition) is 1. The van der Waals surface area contributed by atoms with Crippen molar-refractivity contribution in [3.05, 3.63) is 103 Å². The first kappa shape index (κ1) is 71.1. The number of carbonyl (C=O) groups excluding carboxylic acids is 2. The van der Waals surface area contributed by atoms with Gasteiger partial charge in [-0.05, 0) is 116 Å². The molecule has 1 aromatic heterocycles. The van der Waals surface area contributed by atoms with Crippen LogP contribution in [0.3, 0.4) is 0 Å². The molecule has 0 spiro atoms. The summed E-state index contributed by atoms with van der Waals surface area (Å²) in [6, 6.07) is 30.1. The Balaban J connectivity index is 1.26. The van der Waals surface area contributed by atoms with Crippen LogP contribution in [0.5, 0.6) is 11.5 Å². The quantitative estimate of drug-likeness (QED) is 0.0355. The molecule has 6 rings (SSSR count). The van der Waals surface area contributed by atoms with Gasteiger partial charge in [-0.25, -0.2) is 18.0 Å². The maximum Gasteiger partial charge on any atom is 0.415 e. The lowest BCUT2D eigenvalue weighted by Gasteiger charge is -2.43. The molecule has 1 aliphatic heterocycles. The number of piperidine rings is 1. The number of amides is 2. The van der Waals surface area contributed by atoms with E-state index in [2.05, 4.69) is 128 Å². The Morgan fingerprint density at radius 3 is 1.83 bits per heavy atom. The van der Waals surface area contributed by atoms with Crippen molar-refractivity contribution in [3.8, 4) is 23.3 Å². The van der Waals surface area contributed by atoms with Crippen molar-refractivity contribution in [2.75, 3.05) is 76.3 Å². The van der Waals surface area contributed by atoms with E-state index in [1.165, 1.54) is 34.5 Å². The molecule has 0 aliphatic carbocycles. The second-order valence-electron chi connectivity index (χ2n) is 26.8. The van der Waals surface area contributed by atoms with Crippen molar-refractivity contribution in [1.29, 1.82) is 0 Å². The fourth-order valence-corrected chi connectivity index (χ4v) is 22.9. The van der Waals surface area contributed by atoms with Gasteiger partial charge >= 0.3 is 18.4 Å². The maximum atomic E-state index is 14.7. The number of carbonyl (C=O) groups is 2. The first-order valence-electron chi connectivity index (χ1n) is 30.5. The number of benzene rings is 4. The van der Waals surface area contributed by atoms with Gasteiger partial charge in [0.1, 0.15) is 34.1 Å². The van der Waals surface area contributed by atoms with E-state index >= 15 is 0 Å². The highest BCUT2D eigenvalue weighted by Gasteiger charge is 2.51. The third-order valence-corrected chi connectivity index (χ3v) is 28.1. The van der Waals surface area contributed by atoms with E-state index in [-0.39, 0.29) is 66.9 Å². The van der Waals surface area contributed by atoms with Crippen LogP contribution in [0.2, 0.25) is 21.7 Å². The molecule has 2 amide bonds. The van der Waals surface area contributed by atoms with Crippen LogP contribution in [-0.2, 0) is 39.8 Å². The van der Waals surface area contributed by atoms with Gasteiger partial charge in [-0.1, -0.05) is 135 Å². The van der Waals surface area contributed by atoms with Crippen molar-refractivity contribution < 1.29 is 63.7 Å². The molecule has 21 heteroatoms. The monoisotopic (exact) mass is 1280 g/mol. The molecule has 0 radical (unpaired) electrons. The van der Waals surface area contributed by atoms with Crippen LogP contribution in [0.4, 0.5) is 34.1 Å². The molecule has 1 N–H and O–H groups in total. The molecule has 0 saturated carbocycles. The number of fused-ring (bicyclic) bond motifs is 1. The normalized spacial score (nSPS) is 15.6. The second-order valence-corrected chi connectivity index (χ2v) is 38.4. The molecule has 1 saturated heterocycles. The Labute approximate surface area is 523 Å². The topological polar surface area (TPSA) is 156 Å². The van der Waals surface area contributed by atoms with Gasteiger partial charge in [-0.15, -0.1) is 0 Å². The number of sulfone groups is 1. The number of likely N-dealkylation sites (tertiary alicyclic amines) is 1. The van der Waals surface area contributed by atoms with Crippen LogP contribution < -0.4 is 29.8 Å². The lowest BCUT2D eigenvalue weighted by molar-refractivity contribution is -0.140. The van der Waals surface area contributed by atoms with Crippen molar-refractivity contribution in [3.63, 3.8) is 0 Å². The smallest absolute Gasteiger partial charge is 0.415 e. The third-order valence-electron chi connectivity index (χ3n) is 16.0. The molecule has 484 valence electrons. The van der Waals surface area contributed by atoms with Crippen LogP contribution in [0.25, 0.3) is 10.9 Å². The second kappa shape index (κ2) is 29.3. The van der Waals surface area contributed by atoms with Crippen LogP contribution in [0.15, 0.2) is 102 Å². The number of halogens is 3. The Kier molecular flexibility index (Phi) is 23.6. The Bertz CT molecular complexity index is 3250. The summed E-state index contributed by atoms with van der Waals surface area (Å²) in [4.78, 5) is 30.6. The molecule has 1 aliphatic rings.